The highest BCUT2D eigenvalue weighted by Crippen LogP contribution is 2.41. The Morgan fingerprint density at radius 3 is 2.48 bits per heavy atom. The summed E-state index contributed by atoms with van der Waals surface area (Å²) >= 11 is 1.56. The van der Waals surface area contributed by atoms with Gasteiger partial charge in [0, 0.05) is 17.2 Å². The summed E-state index contributed by atoms with van der Waals surface area (Å²) in [6, 6.07) is 15.4. The molecule has 1 aromatic heterocycles. The van der Waals surface area contributed by atoms with Crippen molar-refractivity contribution in [3.05, 3.63) is 54.1 Å². The SMILES string of the molecule is CCOc1ccc([C@H]2CC(=O)n3nc(-c4ccc(OC)cc4)nc3S2)cc1. The lowest BCUT2D eigenvalue weighted by atomic mass is 10.1. The van der Waals surface area contributed by atoms with Gasteiger partial charge in [0.2, 0.25) is 0 Å². The number of carbonyl (C=O) groups is 1. The molecule has 2 heterocycles. The first-order valence-electron chi connectivity index (χ1n) is 8.72. The van der Waals surface area contributed by atoms with Crippen LogP contribution in [0.4, 0.5) is 0 Å². The summed E-state index contributed by atoms with van der Waals surface area (Å²) in [7, 11) is 1.62. The lowest BCUT2D eigenvalue weighted by Gasteiger charge is -2.20. The normalized spacial score (nSPS) is 16.1. The molecule has 0 saturated heterocycles. The number of methoxy groups -OCH3 is 1. The first kappa shape index (κ1) is 17.6. The van der Waals surface area contributed by atoms with Gasteiger partial charge in [0.15, 0.2) is 11.0 Å². The van der Waals surface area contributed by atoms with Crippen LogP contribution in [0.3, 0.4) is 0 Å². The van der Waals surface area contributed by atoms with Crippen LogP contribution in [-0.4, -0.2) is 34.4 Å². The molecule has 1 aliphatic rings. The van der Waals surface area contributed by atoms with Crippen LogP contribution in [0.25, 0.3) is 11.4 Å². The summed E-state index contributed by atoms with van der Waals surface area (Å²) in [5.41, 5.74) is 1.93. The van der Waals surface area contributed by atoms with E-state index in [-0.39, 0.29) is 11.2 Å². The van der Waals surface area contributed by atoms with E-state index in [4.69, 9.17) is 9.47 Å². The van der Waals surface area contributed by atoms with E-state index in [0.717, 1.165) is 22.6 Å². The molecule has 3 aromatic rings. The predicted octanol–water partition coefficient (Wildman–Crippen LogP) is 4.23. The van der Waals surface area contributed by atoms with Crippen molar-refractivity contribution in [2.45, 2.75) is 23.8 Å². The fourth-order valence-corrected chi connectivity index (χ4v) is 4.10. The van der Waals surface area contributed by atoms with Crippen molar-refractivity contribution < 1.29 is 14.3 Å². The van der Waals surface area contributed by atoms with Gasteiger partial charge in [-0.25, -0.2) is 4.98 Å². The van der Waals surface area contributed by atoms with E-state index in [1.165, 1.54) is 4.68 Å². The lowest BCUT2D eigenvalue weighted by molar-refractivity contribution is 0.0868. The number of fused-ring (bicyclic) bond motifs is 1. The van der Waals surface area contributed by atoms with Gasteiger partial charge in [-0.3, -0.25) is 4.79 Å². The first-order chi connectivity index (χ1) is 13.2. The number of rotatable bonds is 5. The predicted molar refractivity (Wildman–Crippen MR) is 103 cm³/mol. The number of carbonyl (C=O) groups excluding carboxylic acids is 1. The van der Waals surface area contributed by atoms with Gasteiger partial charge in [0.05, 0.1) is 13.7 Å². The Balaban J connectivity index is 1.58. The Kier molecular flexibility index (Phi) is 4.85. The van der Waals surface area contributed by atoms with E-state index in [9.17, 15) is 4.79 Å². The molecule has 0 N–H and O–H groups in total. The summed E-state index contributed by atoms with van der Waals surface area (Å²) in [6.07, 6.45) is 0.386. The number of aromatic nitrogens is 3. The van der Waals surface area contributed by atoms with E-state index < -0.39 is 0 Å². The Hall–Kier alpha value is -2.80. The van der Waals surface area contributed by atoms with Crippen molar-refractivity contribution in [3.8, 4) is 22.9 Å². The molecule has 0 radical (unpaired) electrons. The molecule has 138 valence electrons. The Morgan fingerprint density at radius 1 is 1.11 bits per heavy atom. The molecular weight excluding hydrogens is 362 g/mol. The number of ether oxygens (including phenoxy) is 2. The molecule has 7 heteroatoms. The maximum absolute atomic E-state index is 12.6. The van der Waals surface area contributed by atoms with Crippen molar-refractivity contribution in [1.82, 2.24) is 14.8 Å². The first-order valence-corrected chi connectivity index (χ1v) is 9.60. The van der Waals surface area contributed by atoms with Gasteiger partial charge >= 0.3 is 0 Å². The maximum Gasteiger partial charge on any atom is 0.250 e. The summed E-state index contributed by atoms with van der Waals surface area (Å²) in [6.45, 7) is 2.59. The lowest BCUT2D eigenvalue weighted by Crippen LogP contribution is -2.20. The summed E-state index contributed by atoms with van der Waals surface area (Å²) in [5, 5.41) is 5.04. The zero-order chi connectivity index (χ0) is 18.8. The third kappa shape index (κ3) is 3.55. The topological polar surface area (TPSA) is 66.2 Å². The van der Waals surface area contributed by atoms with E-state index in [1.54, 1.807) is 18.9 Å². The molecule has 0 spiro atoms. The zero-order valence-electron chi connectivity index (χ0n) is 15.1. The molecule has 0 amide bonds. The number of hydrogen-bond acceptors (Lipinski definition) is 6. The molecular formula is C20H19N3O3S. The van der Waals surface area contributed by atoms with E-state index in [2.05, 4.69) is 10.1 Å². The van der Waals surface area contributed by atoms with Crippen LogP contribution in [-0.2, 0) is 0 Å². The second-order valence-electron chi connectivity index (χ2n) is 6.06. The summed E-state index contributed by atoms with van der Waals surface area (Å²) in [4.78, 5) is 17.2. The molecule has 0 aliphatic carbocycles. The van der Waals surface area contributed by atoms with Crippen LogP contribution in [0.2, 0.25) is 0 Å². The maximum atomic E-state index is 12.6. The average Bonchev–Trinajstić information content (AvgIpc) is 3.14. The van der Waals surface area contributed by atoms with E-state index in [0.29, 0.717) is 24.0 Å². The van der Waals surface area contributed by atoms with Crippen LogP contribution >= 0.6 is 11.8 Å². The van der Waals surface area contributed by atoms with Gasteiger partial charge in [0.1, 0.15) is 11.5 Å². The third-order valence-corrected chi connectivity index (χ3v) is 5.53. The summed E-state index contributed by atoms with van der Waals surface area (Å²) in [5.74, 6) is 2.10. The fraction of sp³-hybridized carbons (Fsp3) is 0.250. The number of hydrogen-bond donors (Lipinski definition) is 0. The molecule has 1 aliphatic heterocycles. The molecule has 0 unspecified atom stereocenters. The number of benzene rings is 2. The van der Waals surface area contributed by atoms with Gasteiger partial charge in [0.25, 0.3) is 5.91 Å². The second kappa shape index (κ2) is 7.44. The minimum atomic E-state index is -0.0464. The monoisotopic (exact) mass is 381 g/mol. The highest BCUT2D eigenvalue weighted by molar-refractivity contribution is 7.99. The Labute approximate surface area is 161 Å². The van der Waals surface area contributed by atoms with Crippen LogP contribution in [0, 0.1) is 0 Å². The van der Waals surface area contributed by atoms with Gasteiger partial charge in [-0.2, -0.15) is 4.68 Å². The number of nitrogens with zero attached hydrogens (tertiary/aromatic N) is 3. The highest BCUT2D eigenvalue weighted by Gasteiger charge is 2.30. The van der Waals surface area contributed by atoms with Crippen molar-refractivity contribution in [3.63, 3.8) is 0 Å². The van der Waals surface area contributed by atoms with Gasteiger partial charge in [-0.15, -0.1) is 5.10 Å². The number of thioether (sulfide) groups is 1. The molecule has 2 aromatic carbocycles. The van der Waals surface area contributed by atoms with Crippen LogP contribution < -0.4 is 9.47 Å². The minimum absolute atomic E-state index is 0.0218. The highest BCUT2D eigenvalue weighted by atomic mass is 32.2. The van der Waals surface area contributed by atoms with Crippen LogP contribution in [0.15, 0.2) is 53.7 Å². The molecule has 0 saturated carbocycles. The van der Waals surface area contributed by atoms with Crippen molar-refractivity contribution in [1.29, 1.82) is 0 Å². The molecule has 27 heavy (non-hydrogen) atoms. The third-order valence-electron chi connectivity index (χ3n) is 4.33. The van der Waals surface area contributed by atoms with E-state index >= 15 is 0 Å². The molecule has 0 fully saturated rings. The van der Waals surface area contributed by atoms with Crippen molar-refractivity contribution in [2.24, 2.45) is 0 Å². The zero-order valence-corrected chi connectivity index (χ0v) is 15.9. The fourth-order valence-electron chi connectivity index (χ4n) is 2.94. The van der Waals surface area contributed by atoms with E-state index in [1.807, 2.05) is 55.5 Å². The average molecular weight is 381 g/mol. The van der Waals surface area contributed by atoms with Gasteiger partial charge < -0.3 is 9.47 Å². The standard InChI is InChI=1S/C20H19N3O3S/c1-3-26-16-10-4-13(5-11-16)17-12-18(24)23-20(27-17)21-19(22-23)14-6-8-15(25-2)9-7-14/h4-11,17H,3,12H2,1-2H3/t17-/m1/s1. The molecule has 4 rings (SSSR count). The quantitative estimate of drug-likeness (QED) is 0.659. The van der Waals surface area contributed by atoms with Crippen molar-refractivity contribution in [2.75, 3.05) is 13.7 Å². The van der Waals surface area contributed by atoms with Crippen molar-refractivity contribution >= 4 is 17.7 Å². The molecule has 6 nitrogen and oxygen atoms in total. The van der Waals surface area contributed by atoms with Gasteiger partial charge in [-0.1, -0.05) is 23.9 Å². The molecule has 0 bridgehead atoms. The molecule has 1 atom stereocenters. The minimum Gasteiger partial charge on any atom is -0.497 e. The van der Waals surface area contributed by atoms with Gasteiger partial charge in [-0.05, 0) is 48.9 Å². The Morgan fingerprint density at radius 2 is 1.81 bits per heavy atom. The largest absolute Gasteiger partial charge is 0.497 e. The summed E-state index contributed by atoms with van der Waals surface area (Å²) < 4.78 is 12.1. The van der Waals surface area contributed by atoms with Crippen LogP contribution in [0.5, 0.6) is 11.5 Å². The second-order valence-corrected chi connectivity index (χ2v) is 7.23. The Bertz CT molecular complexity index is 952. The van der Waals surface area contributed by atoms with Crippen LogP contribution in [0.1, 0.15) is 29.0 Å². The smallest absolute Gasteiger partial charge is 0.250 e.